The molecule has 0 aromatic heterocycles. The number of carbonyl (C=O) groups is 1. The number of rotatable bonds is 16. The van der Waals surface area contributed by atoms with Crippen molar-refractivity contribution >= 4 is 5.97 Å². The van der Waals surface area contributed by atoms with E-state index in [1.807, 2.05) is 0 Å². The standard InChI is InChI=1S/C28H50O2/c1-5-6-7-8-9-10-11-12-13-14-15-16-17-18-19-20-26(29)30-25-23-24-21-22-28(25,4)27(24,2)3/h12-13,24-25H,5-11,14-23H2,1-4H3/b13-12-/t24-,25?,28-/m1/s1. The van der Waals surface area contributed by atoms with E-state index < -0.39 is 0 Å². The predicted octanol–water partition coefficient (Wildman–Crippen LogP) is 8.78. The van der Waals surface area contributed by atoms with E-state index in [2.05, 4.69) is 39.8 Å². The summed E-state index contributed by atoms with van der Waals surface area (Å²) < 4.78 is 5.95. The van der Waals surface area contributed by atoms with Crippen LogP contribution in [0.25, 0.3) is 0 Å². The van der Waals surface area contributed by atoms with Gasteiger partial charge in [0.15, 0.2) is 0 Å². The van der Waals surface area contributed by atoms with Crippen LogP contribution in [0.1, 0.15) is 137 Å². The Morgan fingerprint density at radius 2 is 1.43 bits per heavy atom. The normalized spacial score (nSPS) is 27.2. The van der Waals surface area contributed by atoms with Crippen molar-refractivity contribution in [2.24, 2.45) is 16.7 Å². The van der Waals surface area contributed by atoms with Crippen molar-refractivity contribution in [3.63, 3.8) is 0 Å². The average Bonchev–Trinajstić information content (AvgIpc) is 3.04. The minimum Gasteiger partial charge on any atom is -0.462 e. The van der Waals surface area contributed by atoms with Gasteiger partial charge < -0.3 is 4.74 Å². The molecule has 0 saturated heterocycles. The Morgan fingerprint density at radius 1 is 0.867 bits per heavy atom. The van der Waals surface area contributed by atoms with Crippen LogP contribution in [0.2, 0.25) is 0 Å². The van der Waals surface area contributed by atoms with Crippen LogP contribution in [0.3, 0.4) is 0 Å². The maximum atomic E-state index is 12.3. The highest BCUT2D eigenvalue weighted by Gasteiger charge is 2.62. The third-order valence-electron chi connectivity index (χ3n) is 8.63. The van der Waals surface area contributed by atoms with Crippen molar-refractivity contribution in [1.29, 1.82) is 0 Å². The molecule has 2 saturated carbocycles. The van der Waals surface area contributed by atoms with Crippen LogP contribution in [0.4, 0.5) is 0 Å². The summed E-state index contributed by atoms with van der Waals surface area (Å²) in [6.07, 6.45) is 25.9. The zero-order valence-electron chi connectivity index (χ0n) is 20.6. The van der Waals surface area contributed by atoms with Gasteiger partial charge in [-0.05, 0) is 62.7 Å². The molecule has 3 atom stereocenters. The molecule has 0 heterocycles. The second kappa shape index (κ2) is 12.9. The van der Waals surface area contributed by atoms with E-state index in [-0.39, 0.29) is 17.5 Å². The van der Waals surface area contributed by atoms with Gasteiger partial charge in [0, 0.05) is 11.8 Å². The summed E-state index contributed by atoms with van der Waals surface area (Å²) in [6, 6.07) is 0. The van der Waals surface area contributed by atoms with Crippen molar-refractivity contribution in [1.82, 2.24) is 0 Å². The van der Waals surface area contributed by atoms with Gasteiger partial charge in [-0.15, -0.1) is 0 Å². The fourth-order valence-corrected chi connectivity index (χ4v) is 5.87. The highest BCUT2D eigenvalue weighted by atomic mass is 16.5. The summed E-state index contributed by atoms with van der Waals surface area (Å²) in [6.45, 7) is 9.38. The Kier molecular flexibility index (Phi) is 11.0. The van der Waals surface area contributed by atoms with Crippen molar-refractivity contribution in [2.75, 3.05) is 0 Å². The van der Waals surface area contributed by atoms with E-state index in [0.29, 0.717) is 11.8 Å². The topological polar surface area (TPSA) is 26.3 Å². The fraction of sp³-hybridized carbons (Fsp3) is 0.893. The molecule has 0 radical (unpaired) electrons. The lowest BCUT2D eigenvalue weighted by Crippen LogP contribution is -2.38. The van der Waals surface area contributed by atoms with Crippen molar-refractivity contribution < 1.29 is 9.53 Å². The molecule has 0 aromatic rings. The molecular formula is C28H50O2. The number of allylic oxidation sites excluding steroid dienone is 2. The Labute approximate surface area is 187 Å². The first-order valence-electron chi connectivity index (χ1n) is 13.3. The Bertz CT molecular complexity index is 521. The lowest BCUT2D eigenvalue weighted by atomic mass is 9.70. The zero-order valence-corrected chi connectivity index (χ0v) is 20.6. The minimum absolute atomic E-state index is 0.0437. The lowest BCUT2D eigenvalue weighted by Gasteiger charge is -2.38. The van der Waals surface area contributed by atoms with Gasteiger partial charge in [0.05, 0.1) is 0 Å². The SMILES string of the molecule is CCCCCCCC/C=C\CCCCCCCC(=O)OC1C[C@H]2CC[C@@]1(C)C2(C)C. The first kappa shape index (κ1) is 25.5. The van der Waals surface area contributed by atoms with Crippen LogP contribution < -0.4 is 0 Å². The third-order valence-corrected chi connectivity index (χ3v) is 8.63. The van der Waals surface area contributed by atoms with E-state index in [4.69, 9.17) is 4.74 Å². The highest BCUT2D eigenvalue weighted by molar-refractivity contribution is 5.69. The summed E-state index contributed by atoms with van der Waals surface area (Å²) in [5.74, 6) is 0.780. The molecule has 0 spiro atoms. The highest BCUT2D eigenvalue weighted by Crippen LogP contribution is 2.66. The summed E-state index contributed by atoms with van der Waals surface area (Å²) >= 11 is 0. The Morgan fingerprint density at radius 3 is 1.97 bits per heavy atom. The van der Waals surface area contributed by atoms with E-state index >= 15 is 0 Å². The van der Waals surface area contributed by atoms with E-state index in [1.165, 1.54) is 83.5 Å². The van der Waals surface area contributed by atoms with Crippen LogP contribution in [0.15, 0.2) is 12.2 Å². The molecule has 174 valence electrons. The molecule has 2 aliphatic rings. The van der Waals surface area contributed by atoms with Crippen LogP contribution in [0, 0.1) is 16.7 Å². The van der Waals surface area contributed by atoms with Crippen LogP contribution in [0.5, 0.6) is 0 Å². The van der Waals surface area contributed by atoms with E-state index in [9.17, 15) is 4.79 Å². The molecule has 0 aromatic carbocycles. The van der Waals surface area contributed by atoms with E-state index in [0.717, 1.165) is 25.2 Å². The van der Waals surface area contributed by atoms with Gasteiger partial charge in [-0.3, -0.25) is 4.79 Å². The van der Waals surface area contributed by atoms with Crippen molar-refractivity contribution in [3.05, 3.63) is 12.2 Å². The molecule has 2 nitrogen and oxygen atoms in total. The third kappa shape index (κ3) is 7.13. The molecule has 0 amide bonds. The number of hydrogen-bond acceptors (Lipinski definition) is 2. The quantitative estimate of drug-likeness (QED) is 0.142. The van der Waals surface area contributed by atoms with Gasteiger partial charge >= 0.3 is 5.97 Å². The second-order valence-electron chi connectivity index (χ2n) is 10.9. The smallest absolute Gasteiger partial charge is 0.306 e. The second-order valence-corrected chi connectivity index (χ2v) is 10.9. The monoisotopic (exact) mass is 418 g/mol. The molecule has 2 bridgehead atoms. The molecule has 2 aliphatic carbocycles. The van der Waals surface area contributed by atoms with Crippen LogP contribution in [-0.2, 0) is 9.53 Å². The molecule has 30 heavy (non-hydrogen) atoms. The van der Waals surface area contributed by atoms with Gasteiger partial charge in [0.1, 0.15) is 6.10 Å². The summed E-state index contributed by atoms with van der Waals surface area (Å²) in [5.41, 5.74) is 0.511. The van der Waals surface area contributed by atoms with Gasteiger partial charge in [0.25, 0.3) is 0 Å². The van der Waals surface area contributed by atoms with Crippen molar-refractivity contribution in [3.8, 4) is 0 Å². The number of hydrogen-bond donors (Lipinski definition) is 0. The maximum Gasteiger partial charge on any atom is 0.306 e. The molecular weight excluding hydrogens is 368 g/mol. The summed E-state index contributed by atoms with van der Waals surface area (Å²) in [7, 11) is 0. The summed E-state index contributed by atoms with van der Waals surface area (Å²) in [4.78, 5) is 12.3. The first-order valence-corrected chi connectivity index (χ1v) is 13.3. The first-order chi connectivity index (χ1) is 14.4. The molecule has 2 rings (SSSR count). The van der Waals surface area contributed by atoms with E-state index in [1.54, 1.807) is 0 Å². The fourth-order valence-electron chi connectivity index (χ4n) is 5.87. The number of carbonyl (C=O) groups excluding carboxylic acids is 1. The number of ether oxygens (including phenoxy) is 1. The number of esters is 1. The van der Waals surface area contributed by atoms with Gasteiger partial charge in [-0.25, -0.2) is 0 Å². The Hall–Kier alpha value is -0.790. The van der Waals surface area contributed by atoms with Gasteiger partial charge in [-0.2, -0.15) is 0 Å². The molecule has 2 fully saturated rings. The van der Waals surface area contributed by atoms with Crippen LogP contribution >= 0.6 is 0 Å². The largest absolute Gasteiger partial charge is 0.462 e. The molecule has 2 heteroatoms. The van der Waals surface area contributed by atoms with Crippen molar-refractivity contribution in [2.45, 2.75) is 143 Å². The molecule has 0 N–H and O–H groups in total. The zero-order chi connectivity index (χ0) is 21.9. The lowest BCUT2D eigenvalue weighted by molar-refractivity contribution is -0.157. The van der Waals surface area contributed by atoms with Crippen LogP contribution in [-0.4, -0.2) is 12.1 Å². The van der Waals surface area contributed by atoms with Gasteiger partial charge in [0.2, 0.25) is 0 Å². The molecule has 1 unspecified atom stereocenters. The maximum absolute atomic E-state index is 12.3. The number of fused-ring (bicyclic) bond motifs is 2. The summed E-state index contributed by atoms with van der Waals surface area (Å²) in [5, 5.41) is 0. The minimum atomic E-state index is 0.0437. The number of unbranched alkanes of at least 4 members (excludes halogenated alkanes) is 11. The van der Waals surface area contributed by atoms with Gasteiger partial charge in [-0.1, -0.05) is 91.2 Å². The Balaban J connectivity index is 1.41. The predicted molar refractivity (Wildman–Crippen MR) is 129 cm³/mol. The average molecular weight is 419 g/mol. The molecule has 0 aliphatic heterocycles.